The van der Waals surface area contributed by atoms with E-state index in [-0.39, 0.29) is 15.9 Å². The summed E-state index contributed by atoms with van der Waals surface area (Å²) in [7, 11) is -3.50. The van der Waals surface area contributed by atoms with Gasteiger partial charge in [-0.15, -0.1) is 0 Å². The zero-order valence-electron chi connectivity index (χ0n) is 13.7. The Balaban J connectivity index is 1.97. The van der Waals surface area contributed by atoms with E-state index in [4.69, 9.17) is 12.2 Å². The Kier molecular flexibility index (Phi) is 6.63. The van der Waals surface area contributed by atoms with Crippen LogP contribution in [0.15, 0.2) is 59.5 Å². The molecular formula is C17H19N3O3S2. The van der Waals surface area contributed by atoms with Gasteiger partial charge >= 0.3 is 0 Å². The van der Waals surface area contributed by atoms with Gasteiger partial charge in [0.15, 0.2) is 5.11 Å². The van der Waals surface area contributed by atoms with Crippen LogP contribution in [0.4, 0.5) is 5.69 Å². The van der Waals surface area contributed by atoms with Crippen molar-refractivity contribution in [1.29, 1.82) is 0 Å². The van der Waals surface area contributed by atoms with Crippen molar-refractivity contribution in [1.82, 2.24) is 10.0 Å². The van der Waals surface area contributed by atoms with Gasteiger partial charge in [0, 0.05) is 17.8 Å². The number of hydrogen-bond donors (Lipinski definition) is 3. The van der Waals surface area contributed by atoms with E-state index in [1.54, 1.807) is 36.4 Å². The molecule has 0 bridgehead atoms. The highest BCUT2D eigenvalue weighted by Gasteiger charge is 2.13. The summed E-state index contributed by atoms with van der Waals surface area (Å²) in [5.41, 5.74) is 1.07. The Morgan fingerprint density at radius 1 is 1.04 bits per heavy atom. The molecule has 2 aromatic rings. The molecule has 0 saturated carbocycles. The van der Waals surface area contributed by atoms with Crippen LogP contribution in [0, 0.1) is 0 Å². The first-order valence-corrected chi connectivity index (χ1v) is 9.58. The molecule has 3 N–H and O–H groups in total. The lowest BCUT2D eigenvalue weighted by Crippen LogP contribution is -2.34. The molecule has 25 heavy (non-hydrogen) atoms. The molecule has 0 atom stereocenters. The zero-order chi connectivity index (χ0) is 18.3. The van der Waals surface area contributed by atoms with Crippen molar-refractivity contribution in [3.8, 4) is 0 Å². The fraction of sp³-hybridized carbons (Fsp3) is 0.176. The second kappa shape index (κ2) is 8.70. The van der Waals surface area contributed by atoms with Gasteiger partial charge in [0.05, 0.1) is 4.90 Å². The van der Waals surface area contributed by atoms with Gasteiger partial charge < -0.3 is 5.32 Å². The van der Waals surface area contributed by atoms with Crippen LogP contribution in [0.3, 0.4) is 0 Å². The van der Waals surface area contributed by atoms with Crippen molar-refractivity contribution in [2.75, 3.05) is 11.9 Å². The normalized spacial score (nSPS) is 10.9. The average molecular weight is 377 g/mol. The number of carbonyl (C=O) groups excluding carboxylic acids is 1. The Morgan fingerprint density at radius 3 is 2.28 bits per heavy atom. The maximum absolute atomic E-state index is 12.0. The number of anilines is 1. The smallest absolute Gasteiger partial charge is 0.257 e. The standard InChI is InChI=1S/C17H19N3O3S2/c1-2-12-18-25(22,23)15-10-8-14(9-11-15)19-17(24)20-16(21)13-6-4-3-5-7-13/h3-11,18H,2,12H2,1H3,(H2,19,20,21,24). The van der Waals surface area contributed by atoms with Crippen molar-refractivity contribution < 1.29 is 13.2 Å². The molecule has 2 rings (SSSR count). The minimum atomic E-state index is -3.50. The van der Waals surface area contributed by atoms with Gasteiger partial charge in [-0.3, -0.25) is 10.1 Å². The lowest BCUT2D eigenvalue weighted by molar-refractivity contribution is 0.0977. The van der Waals surface area contributed by atoms with E-state index < -0.39 is 10.0 Å². The fourth-order valence-corrected chi connectivity index (χ4v) is 3.31. The van der Waals surface area contributed by atoms with E-state index in [1.165, 1.54) is 12.1 Å². The quantitative estimate of drug-likeness (QED) is 0.673. The Hall–Kier alpha value is -2.29. The second-order valence-corrected chi connectivity index (χ2v) is 7.37. The van der Waals surface area contributed by atoms with E-state index in [0.717, 1.165) is 0 Å². The summed E-state index contributed by atoms with van der Waals surface area (Å²) in [6.45, 7) is 2.28. The van der Waals surface area contributed by atoms with E-state index in [9.17, 15) is 13.2 Å². The molecule has 132 valence electrons. The van der Waals surface area contributed by atoms with E-state index in [1.807, 2.05) is 13.0 Å². The molecule has 0 radical (unpaired) electrons. The molecule has 8 heteroatoms. The van der Waals surface area contributed by atoms with Crippen molar-refractivity contribution >= 4 is 38.9 Å². The summed E-state index contributed by atoms with van der Waals surface area (Å²) in [6, 6.07) is 14.8. The molecule has 6 nitrogen and oxygen atoms in total. The van der Waals surface area contributed by atoms with Crippen molar-refractivity contribution in [2.45, 2.75) is 18.2 Å². The molecule has 0 unspecified atom stereocenters. The fourth-order valence-electron chi connectivity index (χ4n) is 1.96. The number of hydrogen-bond acceptors (Lipinski definition) is 4. The van der Waals surface area contributed by atoms with E-state index in [0.29, 0.717) is 24.2 Å². The summed E-state index contributed by atoms with van der Waals surface area (Å²) < 4.78 is 26.5. The second-order valence-electron chi connectivity index (χ2n) is 5.20. The van der Waals surface area contributed by atoms with Crippen LogP contribution in [0.1, 0.15) is 23.7 Å². The molecule has 0 spiro atoms. The van der Waals surface area contributed by atoms with Crippen LogP contribution >= 0.6 is 12.2 Å². The highest BCUT2D eigenvalue weighted by atomic mass is 32.2. The number of sulfonamides is 1. The van der Waals surface area contributed by atoms with Crippen LogP contribution < -0.4 is 15.4 Å². The molecule has 2 aromatic carbocycles. The lowest BCUT2D eigenvalue weighted by atomic mass is 10.2. The van der Waals surface area contributed by atoms with E-state index >= 15 is 0 Å². The first kappa shape index (κ1) is 19.0. The maximum Gasteiger partial charge on any atom is 0.257 e. The van der Waals surface area contributed by atoms with Crippen LogP contribution in [0.5, 0.6) is 0 Å². The van der Waals surface area contributed by atoms with Crippen LogP contribution in [0.2, 0.25) is 0 Å². The number of nitrogens with one attached hydrogen (secondary N) is 3. The largest absolute Gasteiger partial charge is 0.332 e. The first-order chi connectivity index (χ1) is 11.9. The topological polar surface area (TPSA) is 87.3 Å². The number of carbonyl (C=O) groups is 1. The van der Waals surface area contributed by atoms with Crippen LogP contribution in [-0.2, 0) is 10.0 Å². The molecule has 0 saturated heterocycles. The van der Waals surface area contributed by atoms with Crippen LogP contribution in [0.25, 0.3) is 0 Å². The minimum Gasteiger partial charge on any atom is -0.332 e. The van der Waals surface area contributed by atoms with Crippen molar-refractivity contribution in [2.24, 2.45) is 0 Å². The van der Waals surface area contributed by atoms with Crippen molar-refractivity contribution in [3.05, 3.63) is 60.2 Å². The third-order valence-electron chi connectivity index (χ3n) is 3.23. The highest BCUT2D eigenvalue weighted by molar-refractivity contribution is 7.89. The number of amides is 1. The average Bonchev–Trinajstić information content (AvgIpc) is 2.61. The summed E-state index contributed by atoms with van der Waals surface area (Å²) >= 11 is 5.10. The van der Waals surface area contributed by atoms with Crippen molar-refractivity contribution in [3.63, 3.8) is 0 Å². The first-order valence-electron chi connectivity index (χ1n) is 7.69. The summed E-state index contributed by atoms with van der Waals surface area (Å²) in [4.78, 5) is 12.2. The summed E-state index contributed by atoms with van der Waals surface area (Å²) in [6.07, 6.45) is 0.717. The number of benzene rings is 2. The predicted octanol–water partition coefficient (Wildman–Crippen LogP) is 2.50. The number of thiocarbonyl (C=S) groups is 1. The van der Waals surface area contributed by atoms with Gasteiger partial charge in [0.25, 0.3) is 5.91 Å². The Labute approximate surface area is 152 Å². The van der Waals surface area contributed by atoms with Gasteiger partial charge in [-0.05, 0) is 55.0 Å². The third-order valence-corrected chi connectivity index (χ3v) is 4.91. The zero-order valence-corrected chi connectivity index (χ0v) is 15.3. The maximum atomic E-state index is 12.0. The molecule has 0 fully saturated rings. The lowest BCUT2D eigenvalue weighted by Gasteiger charge is -2.10. The minimum absolute atomic E-state index is 0.133. The summed E-state index contributed by atoms with van der Waals surface area (Å²) in [5.74, 6) is -0.318. The predicted molar refractivity (Wildman–Crippen MR) is 102 cm³/mol. The molecule has 0 aliphatic rings. The molecule has 0 aliphatic carbocycles. The molecular weight excluding hydrogens is 358 g/mol. The molecule has 0 aliphatic heterocycles. The van der Waals surface area contributed by atoms with Gasteiger partial charge in [0.1, 0.15) is 0 Å². The molecule has 0 heterocycles. The van der Waals surface area contributed by atoms with Gasteiger partial charge in [0.2, 0.25) is 10.0 Å². The molecule has 1 amide bonds. The van der Waals surface area contributed by atoms with Crippen LogP contribution in [-0.4, -0.2) is 26.0 Å². The third kappa shape index (κ3) is 5.63. The SMILES string of the molecule is CCCNS(=O)(=O)c1ccc(NC(=S)NC(=O)c2ccccc2)cc1. The summed E-state index contributed by atoms with van der Waals surface area (Å²) in [5, 5.41) is 5.55. The Bertz CT molecular complexity index is 835. The molecule has 0 aromatic heterocycles. The van der Waals surface area contributed by atoms with Gasteiger partial charge in [-0.1, -0.05) is 25.1 Å². The van der Waals surface area contributed by atoms with Gasteiger partial charge in [-0.2, -0.15) is 0 Å². The Morgan fingerprint density at radius 2 is 1.68 bits per heavy atom. The monoisotopic (exact) mass is 377 g/mol. The number of rotatable bonds is 6. The van der Waals surface area contributed by atoms with Gasteiger partial charge in [-0.25, -0.2) is 13.1 Å². The van der Waals surface area contributed by atoms with E-state index in [2.05, 4.69) is 15.4 Å². The highest BCUT2D eigenvalue weighted by Crippen LogP contribution is 2.14.